The van der Waals surface area contributed by atoms with Crippen LogP contribution in [-0.4, -0.2) is 12.2 Å². The standard InChI is InChI=1S/C15H23NO/c1-3-5-12-6-4-7-13(10-12)15(16)14-9-8-11(2)17-14/h4,6-7,10-11,14-15H,3,5,8-9,16H2,1-2H3. The van der Waals surface area contributed by atoms with E-state index in [-0.39, 0.29) is 12.1 Å². The van der Waals surface area contributed by atoms with E-state index in [1.807, 2.05) is 0 Å². The normalized spacial score (nSPS) is 26.1. The van der Waals surface area contributed by atoms with Gasteiger partial charge in [-0.1, -0.05) is 37.6 Å². The maximum Gasteiger partial charge on any atom is 0.0772 e. The van der Waals surface area contributed by atoms with Crippen LogP contribution in [0.2, 0.25) is 0 Å². The zero-order valence-electron chi connectivity index (χ0n) is 10.9. The Bertz CT molecular complexity index is 364. The van der Waals surface area contributed by atoms with Gasteiger partial charge in [0.15, 0.2) is 0 Å². The lowest BCUT2D eigenvalue weighted by atomic mass is 9.97. The van der Waals surface area contributed by atoms with Crippen molar-refractivity contribution in [2.75, 3.05) is 0 Å². The molecule has 2 rings (SSSR count). The van der Waals surface area contributed by atoms with Crippen molar-refractivity contribution in [1.82, 2.24) is 0 Å². The zero-order valence-corrected chi connectivity index (χ0v) is 10.9. The van der Waals surface area contributed by atoms with Gasteiger partial charge in [0, 0.05) is 0 Å². The molecule has 2 nitrogen and oxygen atoms in total. The predicted octanol–water partition coefficient (Wildman–Crippen LogP) is 3.21. The summed E-state index contributed by atoms with van der Waals surface area (Å²) >= 11 is 0. The first kappa shape index (κ1) is 12.6. The van der Waals surface area contributed by atoms with Gasteiger partial charge in [0.2, 0.25) is 0 Å². The minimum Gasteiger partial charge on any atom is -0.373 e. The van der Waals surface area contributed by atoms with Gasteiger partial charge >= 0.3 is 0 Å². The van der Waals surface area contributed by atoms with Crippen LogP contribution in [0.1, 0.15) is 50.3 Å². The van der Waals surface area contributed by atoms with Crippen LogP contribution in [-0.2, 0) is 11.2 Å². The second kappa shape index (κ2) is 5.65. The number of hydrogen-bond acceptors (Lipinski definition) is 2. The van der Waals surface area contributed by atoms with Crippen LogP contribution in [0.4, 0.5) is 0 Å². The van der Waals surface area contributed by atoms with Crippen LogP contribution in [0.25, 0.3) is 0 Å². The van der Waals surface area contributed by atoms with Crippen LogP contribution in [0.3, 0.4) is 0 Å². The Hall–Kier alpha value is -0.860. The van der Waals surface area contributed by atoms with E-state index in [0.29, 0.717) is 6.10 Å². The van der Waals surface area contributed by atoms with Crippen LogP contribution >= 0.6 is 0 Å². The van der Waals surface area contributed by atoms with Crippen LogP contribution in [0.15, 0.2) is 24.3 Å². The number of ether oxygens (including phenoxy) is 1. The third kappa shape index (κ3) is 3.08. The fourth-order valence-corrected chi connectivity index (χ4v) is 2.56. The van der Waals surface area contributed by atoms with Gasteiger partial charge in [-0.3, -0.25) is 0 Å². The van der Waals surface area contributed by atoms with Crippen molar-refractivity contribution < 1.29 is 4.74 Å². The smallest absolute Gasteiger partial charge is 0.0772 e. The predicted molar refractivity (Wildman–Crippen MR) is 70.9 cm³/mol. The highest BCUT2D eigenvalue weighted by Gasteiger charge is 2.28. The molecule has 1 fully saturated rings. The molecule has 0 amide bonds. The van der Waals surface area contributed by atoms with Gasteiger partial charge in [-0.15, -0.1) is 0 Å². The van der Waals surface area contributed by atoms with Crippen LogP contribution < -0.4 is 5.73 Å². The molecule has 3 unspecified atom stereocenters. The molecule has 0 aliphatic carbocycles. The third-order valence-electron chi connectivity index (χ3n) is 3.54. The van der Waals surface area contributed by atoms with Gasteiger partial charge in [0.25, 0.3) is 0 Å². The van der Waals surface area contributed by atoms with E-state index in [1.165, 1.54) is 17.5 Å². The lowest BCUT2D eigenvalue weighted by molar-refractivity contribution is 0.0401. The fraction of sp³-hybridized carbons (Fsp3) is 0.600. The van der Waals surface area contributed by atoms with E-state index < -0.39 is 0 Å². The summed E-state index contributed by atoms with van der Waals surface area (Å²) in [5.74, 6) is 0. The first-order valence-electron chi connectivity index (χ1n) is 6.70. The van der Waals surface area contributed by atoms with E-state index in [1.54, 1.807) is 0 Å². The van der Waals surface area contributed by atoms with Crippen molar-refractivity contribution in [3.8, 4) is 0 Å². The van der Waals surface area contributed by atoms with E-state index in [9.17, 15) is 0 Å². The molecule has 0 bridgehead atoms. The average Bonchev–Trinajstić information content (AvgIpc) is 2.76. The van der Waals surface area contributed by atoms with Gasteiger partial charge in [0.1, 0.15) is 0 Å². The highest BCUT2D eigenvalue weighted by atomic mass is 16.5. The van der Waals surface area contributed by atoms with Crippen LogP contribution in [0, 0.1) is 0 Å². The van der Waals surface area contributed by atoms with Gasteiger partial charge in [-0.2, -0.15) is 0 Å². The minimum absolute atomic E-state index is 0.0248. The summed E-state index contributed by atoms with van der Waals surface area (Å²) in [6, 6.07) is 8.67. The SMILES string of the molecule is CCCc1cccc(C(N)C2CCC(C)O2)c1. The van der Waals surface area contributed by atoms with Crippen molar-refractivity contribution >= 4 is 0 Å². The molecule has 1 aromatic carbocycles. The van der Waals surface area contributed by atoms with Crippen molar-refractivity contribution in [1.29, 1.82) is 0 Å². The van der Waals surface area contributed by atoms with Gasteiger partial charge in [-0.05, 0) is 37.3 Å². The molecule has 0 radical (unpaired) electrons. The van der Waals surface area contributed by atoms with Crippen molar-refractivity contribution in [3.63, 3.8) is 0 Å². The number of benzene rings is 1. The molecule has 2 heteroatoms. The molecule has 0 aromatic heterocycles. The van der Waals surface area contributed by atoms with E-state index in [2.05, 4.69) is 38.1 Å². The molecule has 1 aromatic rings. The monoisotopic (exact) mass is 233 g/mol. The summed E-state index contributed by atoms with van der Waals surface area (Å²) in [6.45, 7) is 4.33. The van der Waals surface area contributed by atoms with Gasteiger partial charge in [0.05, 0.1) is 18.2 Å². The van der Waals surface area contributed by atoms with Crippen molar-refractivity contribution in [2.24, 2.45) is 5.73 Å². The first-order chi connectivity index (χ1) is 8.20. The minimum atomic E-state index is 0.0248. The molecule has 1 aliphatic heterocycles. The number of aryl methyl sites for hydroxylation is 1. The summed E-state index contributed by atoms with van der Waals surface area (Å²) in [5.41, 5.74) is 8.90. The maximum absolute atomic E-state index is 6.30. The molecule has 0 spiro atoms. The quantitative estimate of drug-likeness (QED) is 0.866. The number of nitrogens with two attached hydrogens (primary N) is 1. The highest BCUT2D eigenvalue weighted by molar-refractivity contribution is 5.27. The Balaban J connectivity index is 2.07. The lowest BCUT2D eigenvalue weighted by Gasteiger charge is -2.20. The van der Waals surface area contributed by atoms with E-state index in [0.717, 1.165) is 19.3 Å². The number of hydrogen-bond donors (Lipinski definition) is 1. The Labute approximate surface area is 104 Å². The Kier molecular flexibility index (Phi) is 4.19. The largest absolute Gasteiger partial charge is 0.373 e. The Morgan fingerprint density at radius 2 is 2.24 bits per heavy atom. The Morgan fingerprint density at radius 3 is 2.88 bits per heavy atom. The molecular formula is C15H23NO. The topological polar surface area (TPSA) is 35.2 Å². The van der Waals surface area contributed by atoms with Gasteiger partial charge < -0.3 is 10.5 Å². The second-order valence-electron chi connectivity index (χ2n) is 5.08. The lowest BCUT2D eigenvalue weighted by Crippen LogP contribution is -2.26. The second-order valence-corrected chi connectivity index (χ2v) is 5.08. The molecule has 94 valence electrons. The van der Waals surface area contributed by atoms with E-state index in [4.69, 9.17) is 10.5 Å². The van der Waals surface area contributed by atoms with E-state index >= 15 is 0 Å². The van der Waals surface area contributed by atoms with Gasteiger partial charge in [-0.25, -0.2) is 0 Å². The first-order valence-corrected chi connectivity index (χ1v) is 6.70. The summed E-state index contributed by atoms with van der Waals surface area (Å²) in [4.78, 5) is 0. The molecule has 2 N–H and O–H groups in total. The molecule has 1 heterocycles. The third-order valence-corrected chi connectivity index (χ3v) is 3.54. The molecule has 1 aliphatic rings. The molecule has 1 saturated heterocycles. The fourth-order valence-electron chi connectivity index (χ4n) is 2.56. The maximum atomic E-state index is 6.30. The van der Waals surface area contributed by atoms with Crippen molar-refractivity contribution in [2.45, 2.75) is 57.8 Å². The summed E-state index contributed by atoms with van der Waals surface area (Å²) in [7, 11) is 0. The number of rotatable bonds is 4. The average molecular weight is 233 g/mol. The summed E-state index contributed by atoms with van der Waals surface area (Å²) in [6.07, 6.45) is 5.08. The summed E-state index contributed by atoms with van der Waals surface area (Å²) < 4.78 is 5.85. The van der Waals surface area contributed by atoms with Crippen molar-refractivity contribution in [3.05, 3.63) is 35.4 Å². The molecular weight excluding hydrogens is 210 g/mol. The molecule has 0 saturated carbocycles. The summed E-state index contributed by atoms with van der Waals surface area (Å²) in [5, 5.41) is 0. The zero-order chi connectivity index (χ0) is 12.3. The highest BCUT2D eigenvalue weighted by Crippen LogP contribution is 2.28. The Morgan fingerprint density at radius 1 is 1.41 bits per heavy atom. The molecule has 3 atom stereocenters. The molecule has 17 heavy (non-hydrogen) atoms. The van der Waals surface area contributed by atoms with Crippen LogP contribution in [0.5, 0.6) is 0 Å².